The monoisotopic (exact) mass is 242 g/mol. The van der Waals surface area contributed by atoms with Gasteiger partial charge < -0.3 is 16.4 Å². The molecule has 0 unspecified atom stereocenters. The number of primary amides is 1. The third-order valence-electron chi connectivity index (χ3n) is 2.35. The van der Waals surface area contributed by atoms with Crippen LogP contribution in [0.2, 0.25) is 0 Å². The number of carbonyl (C=O) groups is 1. The molecule has 5 nitrogen and oxygen atoms in total. The molecule has 92 valence electrons. The Hall–Kier alpha value is -2.56. The van der Waals surface area contributed by atoms with Crippen LogP contribution in [0.25, 0.3) is 0 Å². The first kappa shape index (κ1) is 11.9. The van der Waals surface area contributed by atoms with Gasteiger partial charge in [0.15, 0.2) is 0 Å². The molecule has 1 aromatic carbocycles. The zero-order valence-corrected chi connectivity index (χ0v) is 9.76. The highest BCUT2D eigenvalue weighted by molar-refractivity contribution is 5.87. The predicted octanol–water partition coefficient (Wildman–Crippen LogP) is 2.18. The summed E-state index contributed by atoms with van der Waals surface area (Å²) in [5.41, 5.74) is 7.62. The first-order valence-electron chi connectivity index (χ1n) is 5.54. The highest BCUT2D eigenvalue weighted by atomic mass is 16.2. The first-order chi connectivity index (χ1) is 8.74. The maximum Gasteiger partial charge on any atom is 0.316 e. The van der Waals surface area contributed by atoms with Crippen molar-refractivity contribution < 1.29 is 4.79 Å². The predicted molar refractivity (Wildman–Crippen MR) is 71.2 cm³/mol. The number of urea groups is 1. The maximum atomic E-state index is 10.7. The third-order valence-corrected chi connectivity index (χ3v) is 2.35. The van der Waals surface area contributed by atoms with E-state index in [9.17, 15) is 4.79 Å². The number of nitrogens with one attached hydrogen (secondary N) is 2. The number of carbonyl (C=O) groups excluding carboxylic acids is 1. The lowest BCUT2D eigenvalue weighted by atomic mass is 10.2. The lowest BCUT2D eigenvalue weighted by Gasteiger charge is -2.07. The minimum Gasteiger partial charge on any atom is -0.379 e. The van der Waals surface area contributed by atoms with Crippen LogP contribution >= 0.6 is 0 Å². The average Bonchev–Trinajstić information content (AvgIpc) is 2.38. The zero-order valence-electron chi connectivity index (χ0n) is 9.76. The van der Waals surface area contributed by atoms with E-state index < -0.39 is 6.03 Å². The molecule has 0 aliphatic rings. The second kappa shape index (κ2) is 5.67. The van der Waals surface area contributed by atoms with Crippen LogP contribution in [0.3, 0.4) is 0 Å². The molecule has 0 spiro atoms. The number of amides is 2. The van der Waals surface area contributed by atoms with E-state index in [0.717, 1.165) is 11.4 Å². The van der Waals surface area contributed by atoms with E-state index in [-0.39, 0.29) is 0 Å². The van der Waals surface area contributed by atoms with Crippen LogP contribution in [0.15, 0.2) is 48.7 Å². The molecule has 0 bridgehead atoms. The van der Waals surface area contributed by atoms with E-state index >= 15 is 0 Å². The van der Waals surface area contributed by atoms with E-state index in [4.69, 9.17) is 5.73 Å². The molecule has 0 fully saturated rings. The van der Waals surface area contributed by atoms with Gasteiger partial charge in [0.1, 0.15) is 0 Å². The average molecular weight is 242 g/mol. The topological polar surface area (TPSA) is 80.0 Å². The Morgan fingerprint density at radius 1 is 1.11 bits per heavy atom. The summed E-state index contributed by atoms with van der Waals surface area (Å²) < 4.78 is 0. The highest BCUT2D eigenvalue weighted by Gasteiger charge is 1.97. The van der Waals surface area contributed by atoms with Crippen LogP contribution in [-0.2, 0) is 6.54 Å². The SMILES string of the molecule is NC(=O)Nc1ccc(NCc2ccccn2)cc1. The van der Waals surface area contributed by atoms with Gasteiger partial charge in [0.05, 0.1) is 12.2 Å². The molecular weight excluding hydrogens is 228 g/mol. The number of nitrogens with zero attached hydrogens (tertiary/aromatic N) is 1. The Labute approximate surface area is 105 Å². The number of rotatable bonds is 4. The zero-order chi connectivity index (χ0) is 12.8. The maximum absolute atomic E-state index is 10.7. The van der Waals surface area contributed by atoms with Crippen molar-refractivity contribution >= 4 is 17.4 Å². The smallest absolute Gasteiger partial charge is 0.316 e. The van der Waals surface area contributed by atoms with Crippen molar-refractivity contribution in [1.82, 2.24) is 4.98 Å². The van der Waals surface area contributed by atoms with Crippen LogP contribution in [0.4, 0.5) is 16.2 Å². The van der Waals surface area contributed by atoms with E-state index in [2.05, 4.69) is 15.6 Å². The van der Waals surface area contributed by atoms with Crippen molar-refractivity contribution in [3.63, 3.8) is 0 Å². The summed E-state index contributed by atoms with van der Waals surface area (Å²) in [6.45, 7) is 0.656. The Bertz CT molecular complexity index is 510. The lowest BCUT2D eigenvalue weighted by Crippen LogP contribution is -2.19. The van der Waals surface area contributed by atoms with Crippen molar-refractivity contribution in [3.8, 4) is 0 Å². The number of nitrogens with two attached hydrogens (primary N) is 1. The minimum absolute atomic E-state index is 0.566. The summed E-state index contributed by atoms with van der Waals surface area (Å²) in [4.78, 5) is 14.9. The summed E-state index contributed by atoms with van der Waals surface area (Å²) in [7, 11) is 0. The molecule has 1 aromatic heterocycles. The van der Waals surface area contributed by atoms with Gasteiger partial charge in [0, 0.05) is 17.6 Å². The van der Waals surface area contributed by atoms with Gasteiger partial charge in [-0.15, -0.1) is 0 Å². The van der Waals surface area contributed by atoms with Gasteiger partial charge >= 0.3 is 6.03 Å². The summed E-state index contributed by atoms with van der Waals surface area (Å²) in [6.07, 6.45) is 1.76. The van der Waals surface area contributed by atoms with Gasteiger partial charge in [0.2, 0.25) is 0 Å². The summed E-state index contributed by atoms with van der Waals surface area (Å²) in [6, 6.07) is 12.5. The van der Waals surface area contributed by atoms with Crippen LogP contribution in [-0.4, -0.2) is 11.0 Å². The number of hydrogen-bond donors (Lipinski definition) is 3. The van der Waals surface area contributed by atoms with Gasteiger partial charge in [-0.2, -0.15) is 0 Å². The molecule has 2 amide bonds. The van der Waals surface area contributed by atoms with Gasteiger partial charge in [-0.05, 0) is 36.4 Å². The van der Waals surface area contributed by atoms with E-state index in [1.54, 1.807) is 18.3 Å². The molecule has 4 N–H and O–H groups in total. The minimum atomic E-state index is -0.566. The van der Waals surface area contributed by atoms with Gasteiger partial charge in [-0.1, -0.05) is 6.07 Å². The normalized spacial score (nSPS) is 9.78. The number of hydrogen-bond acceptors (Lipinski definition) is 3. The van der Waals surface area contributed by atoms with E-state index in [0.29, 0.717) is 12.2 Å². The van der Waals surface area contributed by atoms with Crippen molar-refractivity contribution in [1.29, 1.82) is 0 Å². The highest BCUT2D eigenvalue weighted by Crippen LogP contribution is 2.13. The molecule has 0 atom stereocenters. The summed E-state index contributed by atoms with van der Waals surface area (Å²) >= 11 is 0. The van der Waals surface area contributed by atoms with Crippen molar-refractivity contribution in [2.75, 3.05) is 10.6 Å². The Morgan fingerprint density at radius 2 is 1.83 bits per heavy atom. The summed E-state index contributed by atoms with van der Waals surface area (Å²) in [5.74, 6) is 0. The number of anilines is 2. The number of pyridine rings is 1. The van der Waals surface area contributed by atoms with Crippen LogP contribution < -0.4 is 16.4 Å². The molecule has 0 saturated carbocycles. The fraction of sp³-hybridized carbons (Fsp3) is 0.0769. The van der Waals surface area contributed by atoms with Crippen molar-refractivity contribution in [2.45, 2.75) is 6.54 Å². The van der Waals surface area contributed by atoms with Gasteiger partial charge in [-0.3, -0.25) is 4.98 Å². The Kier molecular flexibility index (Phi) is 3.76. The van der Waals surface area contributed by atoms with Crippen molar-refractivity contribution in [3.05, 3.63) is 54.4 Å². The van der Waals surface area contributed by atoms with Gasteiger partial charge in [0.25, 0.3) is 0 Å². The number of aromatic nitrogens is 1. The van der Waals surface area contributed by atoms with Crippen LogP contribution in [0, 0.1) is 0 Å². The second-order valence-electron chi connectivity index (χ2n) is 3.74. The lowest BCUT2D eigenvalue weighted by molar-refractivity contribution is 0.259. The van der Waals surface area contributed by atoms with Crippen molar-refractivity contribution in [2.24, 2.45) is 5.73 Å². The molecule has 18 heavy (non-hydrogen) atoms. The van der Waals surface area contributed by atoms with Crippen LogP contribution in [0.5, 0.6) is 0 Å². The van der Waals surface area contributed by atoms with Gasteiger partial charge in [-0.25, -0.2) is 4.79 Å². The fourth-order valence-electron chi connectivity index (χ4n) is 1.51. The summed E-state index contributed by atoms with van der Waals surface area (Å²) in [5, 5.41) is 5.74. The molecule has 0 aliphatic carbocycles. The van der Waals surface area contributed by atoms with Crippen LogP contribution in [0.1, 0.15) is 5.69 Å². The van der Waals surface area contributed by atoms with E-state index in [1.807, 2.05) is 30.3 Å². The number of benzene rings is 1. The first-order valence-corrected chi connectivity index (χ1v) is 5.54. The standard InChI is InChI=1S/C13H14N4O/c14-13(18)17-11-6-4-10(5-7-11)16-9-12-3-1-2-8-15-12/h1-8,16H,9H2,(H3,14,17,18). The Balaban J connectivity index is 1.92. The fourth-order valence-corrected chi connectivity index (χ4v) is 1.51. The molecule has 2 rings (SSSR count). The quantitative estimate of drug-likeness (QED) is 0.768. The molecule has 2 aromatic rings. The molecule has 5 heteroatoms. The Morgan fingerprint density at radius 3 is 2.44 bits per heavy atom. The molecular formula is C13H14N4O. The molecule has 0 radical (unpaired) electrons. The molecule has 0 aliphatic heterocycles. The second-order valence-corrected chi connectivity index (χ2v) is 3.74. The third kappa shape index (κ3) is 3.48. The molecule has 1 heterocycles. The largest absolute Gasteiger partial charge is 0.379 e. The molecule has 0 saturated heterocycles. The van der Waals surface area contributed by atoms with E-state index in [1.165, 1.54) is 0 Å².